The molecule has 2 amide bonds. The zero-order valence-corrected chi connectivity index (χ0v) is 17.4. The normalized spacial score (nSPS) is 14.7. The number of hydrogen-bond acceptors (Lipinski definition) is 4. The Morgan fingerprint density at radius 2 is 2.14 bits per heavy atom. The molecule has 0 radical (unpaired) electrons. The van der Waals surface area contributed by atoms with Crippen molar-refractivity contribution in [1.82, 2.24) is 20.4 Å². The van der Waals surface area contributed by atoms with Crippen molar-refractivity contribution >= 4 is 46.8 Å². The molecular formula is C19H19ClFN5O2S. The lowest BCUT2D eigenvalue weighted by Crippen LogP contribution is -2.26. The van der Waals surface area contributed by atoms with Crippen molar-refractivity contribution in [2.45, 2.75) is 25.8 Å². The maximum absolute atomic E-state index is 14.2. The minimum Gasteiger partial charge on any atom is -0.353 e. The second-order valence-corrected chi connectivity index (χ2v) is 7.37. The van der Waals surface area contributed by atoms with Gasteiger partial charge in [-0.2, -0.15) is 5.10 Å². The topological polar surface area (TPSA) is 88.4 Å². The number of nitrogens with zero attached hydrogens (tertiary/aromatic N) is 3. The van der Waals surface area contributed by atoms with Crippen molar-refractivity contribution in [2.24, 2.45) is 4.99 Å². The van der Waals surface area contributed by atoms with Crippen LogP contribution in [0.5, 0.6) is 0 Å². The molecule has 0 atom stereocenters. The van der Waals surface area contributed by atoms with Crippen LogP contribution in [-0.4, -0.2) is 39.7 Å². The Kier molecular flexibility index (Phi) is 6.39. The Morgan fingerprint density at radius 3 is 2.79 bits per heavy atom. The van der Waals surface area contributed by atoms with Gasteiger partial charge in [0, 0.05) is 36.6 Å². The Bertz CT molecular complexity index is 1030. The fourth-order valence-electron chi connectivity index (χ4n) is 2.47. The number of thiol groups is 1. The molecule has 1 aliphatic rings. The molecular weight excluding hydrogens is 417 g/mol. The Balaban J connectivity index is 1.87. The number of nitrogens with one attached hydrogen (secondary N) is 2. The van der Waals surface area contributed by atoms with Gasteiger partial charge in [0.2, 0.25) is 0 Å². The van der Waals surface area contributed by atoms with E-state index >= 15 is 0 Å². The molecule has 3 rings (SSSR count). The monoisotopic (exact) mass is 435 g/mol. The molecule has 0 aliphatic heterocycles. The van der Waals surface area contributed by atoms with Gasteiger partial charge in [0.15, 0.2) is 5.04 Å². The van der Waals surface area contributed by atoms with E-state index in [1.54, 1.807) is 19.3 Å². The zero-order chi connectivity index (χ0) is 21.1. The van der Waals surface area contributed by atoms with Crippen molar-refractivity contribution in [3.05, 3.63) is 47.1 Å². The molecule has 1 heterocycles. The van der Waals surface area contributed by atoms with Crippen LogP contribution in [-0.2, 0) is 4.79 Å². The smallest absolute Gasteiger partial charge is 0.275 e. The average Bonchev–Trinajstić information content (AvgIpc) is 3.37. The second kappa shape index (κ2) is 8.79. The number of rotatable bonds is 6. The first kappa shape index (κ1) is 21.1. The third-order valence-corrected chi connectivity index (χ3v) is 4.90. The summed E-state index contributed by atoms with van der Waals surface area (Å²) in [6.45, 7) is 1.74. The Morgan fingerprint density at radius 1 is 1.41 bits per heavy atom. The number of hydrogen-bond donors (Lipinski definition) is 3. The second-order valence-electron chi connectivity index (χ2n) is 6.54. The summed E-state index contributed by atoms with van der Waals surface area (Å²) < 4.78 is 15.8. The van der Waals surface area contributed by atoms with E-state index in [1.807, 2.05) is 0 Å². The van der Waals surface area contributed by atoms with Crippen molar-refractivity contribution in [2.75, 3.05) is 7.05 Å². The largest absolute Gasteiger partial charge is 0.353 e. The molecule has 0 saturated heterocycles. The number of amides is 2. The first-order valence-electron chi connectivity index (χ1n) is 8.81. The summed E-state index contributed by atoms with van der Waals surface area (Å²) >= 11 is 10.2. The molecule has 2 aromatic rings. The highest BCUT2D eigenvalue weighted by Gasteiger charge is 2.26. The van der Waals surface area contributed by atoms with E-state index in [0.717, 1.165) is 18.9 Å². The number of benzene rings is 1. The Hall–Kier alpha value is -2.65. The van der Waals surface area contributed by atoms with Crippen LogP contribution in [0.3, 0.4) is 0 Å². The Labute approximate surface area is 177 Å². The molecule has 1 aromatic heterocycles. The van der Waals surface area contributed by atoms with Gasteiger partial charge in [0.25, 0.3) is 11.8 Å². The highest BCUT2D eigenvalue weighted by atomic mass is 35.5. The summed E-state index contributed by atoms with van der Waals surface area (Å²) in [4.78, 5) is 27.7. The van der Waals surface area contributed by atoms with Gasteiger partial charge in [-0.3, -0.25) is 9.59 Å². The van der Waals surface area contributed by atoms with Gasteiger partial charge in [-0.25, -0.2) is 14.1 Å². The summed E-state index contributed by atoms with van der Waals surface area (Å²) in [5.74, 6) is -1.55. The van der Waals surface area contributed by atoms with E-state index in [9.17, 15) is 14.0 Å². The summed E-state index contributed by atoms with van der Waals surface area (Å²) in [6, 6.07) is 2.66. The van der Waals surface area contributed by atoms with Crippen molar-refractivity contribution < 1.29 is 14.0 Å². The predicted octanol–water partition coefficient (Wildman–Crippen LogP) is 3.13. The van der Waals surface area contributed by atoms with E-state index in [0.29, 0.717) is 16.8 Å². The average molecular weight is 436 g/mol. The number of halogens is 2. The van der Waals surface area contributed by atoms with E-state index in [2.05, 4.69) is 33.4 Å². The van der Waals surface area contributed by atoms with Gasteiger partial charge in [0.05, 0.1) is 22.5 Å². The van der Waals surface area contributed by atoms with Gasteiger partial charge in [-0.05, 0) is 31.9 Å². The third-order valence-electron chi connectivity index (χ3n) is 4.27. The van der Waals surface area contributed by atoms with E-state index in [1.165, 1.54) is 24.0 Å². The summed E-state index contributed by atoms with van der Waals surface area (Å²) in [6.07, 6.45) is 6.46. The van der Waals surface area contributed by atoms with Crippen LogP contribution in [0.1, 0.15) is 30.1 Å². The molecule has 29 heavy (non-hydrogen) atoms. The molecule has 2 N–H and O–H groups in total. The van der Waals surface area contributed by atoms with Crippen LogP contribution in [0.2, 0.25) is 5.02 Å². The maximum Gasteiger partial charge on any atom is 0.275 e. The molecule has 10 heteroatoms. The molecule has 1 aliphatic carbocycles. The van der Waals surface area contributed by atoms with Gasteiger partial charge >= 0.3 is 0 Å². The van der Waals surface area contributed by atoms with Crippen LogP contribution in [0.25, 0.3) is 16.8 Å². The van der Waals surface area contributed by atoms with Crippen molar-refractivity contribution in [1.29, 1.82) is 0 Å². The minimum atomic E-state index is -0.676. The maximum atomic E-state index is 14.2. The van der Waals surface area contributed by atoms with Crippen LogP contribution in [0.15, 0.2) is 35.7 Å². The highest BCUT2D eigenvalue weighted by molar-refractivity contribution is 7.99. The zero-order valence-electron chi connectivity index (χ0n) is 15.7. The number of carbonyl (C=O) groups excluding carboxylic acids is 2. The fraction of sp³-hybridized carbons (Fsp3) is 0.263. The highest BCUT2D eigenvalue weighted by Crippen LogP contribution is 2.31. The van der Waals surface area contributed by atoms with Crippen molar-refractivity contribution in [3.8, 4) is 11.1 Å². The molecule has 152 valence electrons. The summed E-state index contributed by atoms with van der Waals surface area (Å²) in [5.41, 5.74) is 1.63. The number of allylic oxidation sites excluding steroid dienone is 1. The molecule has 0 spiro atoms. The third kappa shape index (κ3) is 5.04. The van der Waals surface area contributed by atoms with Crippen LogP contribution >= 0.6 is 24.2 Å². The van der Waals surface area contributed by atoms with E-state index in [4.69, 9.17) is 11.6 Å². The van der Waals surface area contributed by atoms with Crippen LogP contribution in [0, 0.1) is 5.82 Å². The molecule has 1 aromatic carbocycles. The van der Waals surface area contributed by atoms with Crippen molar-refractivity contribution in [3.63, 3.8) is 0 Å². The summed E-state index contributed by atoms with van der Waals surface area (Å²) in [5, 5.41) is 9.59. The first-order valence-corrected chi connectivity index (χ1v) is 9.63. The van der Waals surface area contributed by atoms with Gasteiger partial charge in [0.1, 0.15) is 5.82 Å². The van der Waals surface area contributed by atoms with Gasteiger partial charge in [-0.1, -0.05) is 11.6 Å². The lowest BCUT2D eigenvalue weighted by Gasteiger charge is -2.08. The minimum absolute atomic E-state index is 0.00660. The van der Waals surface area contributed by atoms with Gasteiger partial charge < -0.3 is 10.6 Å². The van der Waals surface area contributed by atoms with Crippen LogP contribution in [0.4, 0.5) is 4.39 Å². The summed E-state index contributed by atoms with van der Waals surface area (Å²) in [7, 11) is 1.48. The quantitative estimate of drug-likeness (QED) is 0.370. The molecule has 0 bridgehead atoms. The van der Waals surface area contributed by atoms with E-state index in [-0.39, 0.29) is 21.7 Å². The lowest BCUT2D eigenvalue weighted by molar-refractivity contribution is -0.114. The van der Waals surface area contributed by atoms with Crippen LogP contribution < -0.4 is 10.6 Å². The SMILES string of the molecule is CNC(=O)/C(S)=N/C=C(\C)n1cc(-c2cc(C(=O)NC3CC3)c(F)cc2Cl)cn1. The molecule has 0 unspecified atom stereocenters. The lowest BCUT2D eigenvalue weighted by atomic mass is 10.0. The fourth-order valence-corrected chi connectivity index (χ4v) is 2.90. The van der Waals surface area contributed by atoms with E-state index < -0.39 is 17.6 Å². The standard InChI is InChI=1S/C19H19ClFN5O2S/c1-10(7-23-19(29)18(28)22-2)26-9-11(8-24-26)13-5-14(16(21)6-15(13)20)17(27)25-12-3-4-12/h5-9,12H,3-4H2,1-2H3,(H,22,28)(H,23,29)(H,25,27)/b10-7+. The first-order chi connectivity index (χ1) is 13.8. The van der Waals surface area contributed by atoms with Gasteiger partial charge in [-0.15, -0.1) is 12.6 Å². The predicted molar refractivity (Wildman–Crippen MR) is 114 cm³/mol. The number of aromatic nitrogens is 2. The molecule has 1 fully saturated rings. The molecule has 1 saturated carbocycles. The molecule has 7 nitrogen and oxygen atoms in total. The number of carbonyl (C=O) groups is 2. The number of aliphatic imine (C=N–C) groups is 1.